The zero-order chi connectivity index (χ0) is 17.2. The molecule has 1 aliphatic heterocycles. The first-order valence-corrected chi connectivity index (χ1v) is 7.23. The van der Waals surface area contributed by atoms with E-state index in [4.69, 9.17) is 4.74 Å². The van der Waals surface area contributed by atoms with Gasteiger partial charge in [-0.25, -0.2) is 9.78 Å². The number of likely N-dealkylation sites (tertiary alicyclic amines) is 1. The number of nitrogens with zero attached hydrogens (tertiary/aromatic N) is 2. The highest BCUT2D eigenvalue weighted by Gasteiger charge is 2.33. The first kappa shape index (κ1) is 16.1. The Morgan fingerprint density at radius 3 is 2.46 bits per heavy atom. The van der Waals surface area contributed by atoms with Gasteiger partial charge in [0.05, 0.1) is 18.7 Å². The maximum absolute atomic E-state index is 12.5. The van der Waals surface area contributed by atoms with Crippen LogP contribution >= 0.6 is 0 Å². The molecule has 1 aromatic heterocycles. The molecule has 3 rings (SSSR count). The lowest BCUT2D eigenvalue weighted by Gasteiger charge is -2.38. The highest BCUT2D eigenvalue weighted by Crippen LogP contribution is 2.30. The summed E-state index contributed by atoms with van der Waals surface area (Å²) >= 11 is 0. The molecule has 1 N–H and O–H groups in total. The van der Waals surface area contributed by atoms with Crippen molar-refractivity contribution in [1.82, 2.24) is 9.88 Å². The van der Waals surface area contributed by atoms with E-state index in [9.17, 15) is 18.0 Å². The Bertz CT molecular complexity index is 699. The van der Waals surface area contributed by atoms with Crippen molar-refractivity contribution in [1.29, 1.82) is 0 Å². The van der Waals surface area contributed by atoms with E-state index in [0.29, 0.717) is 24.7 Å². The number of benzene rings is 1. The number of hydrogen-bond donors (Lipinski definition) is 1. The number of carbonyl (C=O) groups excluding carboxylic acids is 1. The fourth-order valence-corrected chi connectivity index (χ4v) is 2.21. The summed E-state index contributed by atoms with van der Waals surface area (Å²) in [5.41, 5.74) is -0.449. The second-order valence-corrected chi connectivity index (χ2v) is 5.32. The van der Waals surface area contributed by atoms with Crippen LogP contribution in [0.2, 0.25) is 0 Å². The van der Waals surface area contributed by atoms with Crippen LogP contribution in [0.5, 0.6) is 5.88 Å². The number of pyridine rings is 1. The van der Waals surface area contributed by atoms with Gasteiger partial charge < -0.3 is 15.0 Å². The molecule has 1 aliphatic rings. The van der Waals surface area contributed by atoms with E-state index < -0.39 is 11.7 Å². The minimum atomic E-state index is -4.39. The van der Waals surface area contributed by atoms with Crippen molar-refractivity contribution in [3.05, 3.63) is 54.2 Å². The predicted molar refractivity (Wildman–Crippen MR) is 80.7 cm³/mol. The molecule has 24 heavy (non-hydrogen) atoms. The van der Waals surface area contributed by atoms with Gasteiger partial charge in [0.2, 0.25) is 5.88 Å². The molecule has 2 amide bonds. The molecule has 126 valence electrons. The van der Waals surface area contributed by atoms with Crippen molar-refractivity contribution in [2.45, 2.75) is 12.3 Å². The fraction of sp³-hybridized carbons (Fsp3) is 0.250. The third kappa shape index (κ3) is 3.76. The molecule has 2 aromatic rings. The van der Waals surface area contributed by atoms with Crippen LogP contribution in [0.1, 0.15) is 5.56 Å². The van der Waals surface area contributed by atoms with Crippen molar-refractivity contribution in [2.24, 2.45) is 0 Å². The summed E-state index contributed by atoms with van der Waals surface area (Å²) in [6.07, 6.45) is -2.92. The monoisotopic (exact) mass is 337 g/mol. The van der Waals surface area contributed by atoms with E-state index in [1.165, 1.54) is 17.0 Å². The molecular weight excluding hydrogens is 323 g/mol. The number of alkyl halides is 3. The van der Waals surface area contributed by atoms with Gasteiger partial charge in [0.1, 0.15) is 6.10 Å². The van der Waals surface area contributed by atoms with E-state index in [1.54, 1.807) is 24.4 Å². The first-order chi connectivity index (χ1) is 11.4. The smallest absolute Gasteiger partial charge is 0.416 e. The van der Waals surface area contributed by atoms with Gasteiger partial charge in [0, 0.05) is 18.0 Å². The molecule has 0 aliphatic carbocycles. The maximum Gasteiger partial charge on any atom is 0.416 e. The Balaban J connectivity index is 1.48. The topological polar surface area (TPSA) is 54.5 Å². The average Bonchev–Trinajstić information content (AvgIpc) is 2.51. The number of urea groups is 1. The van der Waals surface area contributed by atoms with E-state index in [1.807, 2.05) is 0 Å². The van der Waals surface area contributed by atoms with Gasteiger partial charge >= 0.3 is 12.2 Å². The number of anilines is 1. The van der Waals surface area contributed by atoms with Crippen LogP contribution in [0.15, 0.2) is 48.7 Å². The minimum Gasteiger partial charge on any atom is -0.471 e. The number of halogens is 3. The van der Waals surface area contributed by atoms with E-state index >= 15 is 0 Å². The SMILES string of the molecule is O=C(Nc1ccc(C(F)(F)F)cc1)N1CC(Oc2ccccn2)C1. The van der Waals surface area contributed by atoms with Gasteiger partial charge in [0.25, 0.3) is 0 Å². The van der Waals surface area contributed by atoms with Gasteiger partial charge in [-0.15, -0.1) is 0 Å². The Hall–Kier alpha value is -2.77. The third-order valence-electron chi connectivity index (χ3n) is 3.52. The van der Waals surface area contributed by atoms with E-state index in [2.05, 4.69) is 10.3 Å². The standard InChI is InChI=1S/C16H14F3N3O2/c17-16(18,19)11-4-6-12(7-5-11)21-15(23)22-9-13(10-22)24-14-3-1-2-8-20-14/h1-8,13H,9-10H2,(H,21,23). The summed E-state index contributed by atoms with van der Waals surface area (Å²) in [7, 11) is 0. The molecule has 1 aromatic carbocycles. The largest absolute Gasteiger partial charge is 0.471 e. The van der Waals surface area contributed by atoms with Gasteiger partial charge in [-0.2, -0.15) is 13.2 Å². The van der Waals surface area contributed by atoms with Crippen LogP contribution < -0.4 is 10.1 Å². The van der Waals surface area contributed by atoms with E-state index in [0.717, 1.165) is 12.1 Å². The second-order valence-electron chi connectivity index (χ2n) is 5.32. The molecule has 5 nitrogen and oxygen atoms in total. The van der Waals surface area contributed by atoms with Crippen molar-refractivity contribution in [2.75, 3.05) is 18.4 Å². The molecule has 0 unspecified atom stereocenters. The van der Waals surface area contributed by atoms with Crippen LogP contribution in [-0.2, 0) is 6.18 Å². The first-order valence-electron chi connectivity index (χ1n) is 7.23. The fourth-order valence-electron chi connectivity index (χ4n) is 2.21. The normalized spacial score (nSPS) is 14.9. The summed E-state index contributed by atoms with van der Waals surface area (Å²) < 4.78 is 43.0. The molecule has 1 saturated heterocycles. The minimum absolute atomic E-state index is 0.141. The highest BCUT2D eigenvalue weighted by atomic mass is 19.4. The number of ether oxygens (including phenoxy) is 1. The number of carbonyl (C=O) groups is 1. The van der Waals surface area contributed by atoms with Crippen molar-refractivity contribution < 1.29 is 22.7 Å². The summed E-state index contributed by atoms with van der Waals surface area (Å²) in [6, 6.07) is 9.23. The number of rotatable bonds is 3. The molecule has 0 bridgehead atoms. The molecular formula is C16H14F3N3O2. The lowest BCUT2D eigenvalue weighted by molar-refractivity contribution is -0.137. The number of hydrogen-bond acceptors (Lipinski definition) is 3. The van der Waals surface area contributed by atoms with Crippen LogP contribution in [0.3, 0.4) is 0 Å². The summed E-state index contributed by atoms with van der Waals surface area (Å²) in [4.78, 5) is 17.5. The van der Waals surface area contributed by atoms with E-state index in [-0.39, 0.29) is 12.1 Å². The Morgan fingerprint density at radius 2 is 1.88 bits per heavy atom. The van der Waals surface area contributed by atoms with Crippen LogP contribution in [-0.4, -0.2) is 35.1 Å². The van der Waals surface area contributed by atoms with Gasteiger partial charge in [-0.3, -0.25) is 0 Å². The van der Waals surface area contributed by atoms with Crippen molar-refractivity contribution in [3.63, 3.8) is 0 Å². The number of nitrogens with one attached hydrogen (secondary N) is 1. The quantitative estimate of drug-likeness (QED) is 0.934. The zero-order valence-electron chi connectivity index (χ0n) is 12.5. The molecule has 2 heterocycles. The third-order valence-corrected chi connectivity index (χ3v) is 3.52. The summed E-state index contributed by atoms with van der Waals surface area (Å²) in [6.45, 7) is 0.784. The average molecular weight is 337 g/mol. The van der Waals surface area contributed by atoms with Crippen LogP contribution in [0, 0.1) is 0 Å². The van der Waals surface area contributed by atoms with Gasteiger partial charge in [-0.1, -0.05) is 6.07 Å². The second kappa shape index (κ2) is 6.38. The highest BCUT2D eigenvalue weighted by molar-refractivity contribution is 5.89. The van der Waals surface area contributed by atoms with Crippen LogP contribution in [0.25, 0.3) is 0 Å². The Kier molecular flexibility index (Phi) is 4.28. The molecule has 0 spiro atoms. The molecule has 0 saturated carbocycles. The maximum atomic E-state index is 12.5. The molecule has 1 fully saturated rings. The summed E-state index contributed by atoms with van der Waals surface area (Å²) in [5.74, 6) is 0.491. The van der Waals surface area contributed by atoms with Crippen molar-refractivity contribution in [3.8, 4) is 5.88 Å². The molecule has 8 heteroatoms. The number of amides is 2. The number of aromatic nitrogens is 1. The van der Waals surface area contributed by atoms with Gasteiger partial charge in [-0.05, 0) is 30.3 Å². The van der Waals surface area contributed by atoms with Crippen LogP contribution in [0.4, 0.5) is 23.7 Å². The van der Waals surface area contributed by atoms with Crippen molar-refractivity contribution >= 4 is 11.7 Å². The lowest BCUT2D eigenvalue weighted by atomic mass is 10.2. The predicted octanol–water partition coefficient (Wildman–Crippen LogP) is 3.40. The summed E-state index contributed by atoms with van der Waals surface area (Å²) in [5, 5.41) is 2.56. The molecule has 0 radical (unpaired) electrons. The van der Waals surface area contributed by atoms with Gasteiger partial charge in [0.15, 0.2) is 0 Å². The Morgan fingerprint density at radius 1 is 1.17 bits per heavy atom. The lowest BCUT2D eigenvalue weighted by Crippen LogP contribution is -2.57. The zero-order valence-corrected chi connectivity index (χ0v) is 12.5. The Labute approximate surface area is 136 Å². The molecule has 0 atom stereocenters.